The number of aliphatic hydroxyl groups is 1. The van der Waals surface area contributed by atoms with Crippen LogP contribution in [0.3, 0.4) is 0 Å². The third-order valence-electron chi connectivity index (χ3n) is 6.50. The molecule has 0 heterocycles. The lowest BCUT2D eigenvalue weighted by atomic mass is 9.95. The number of aliphatic carboxylic acids is 1. The molecular weight excluding hydrogens is 540 g/mol. The molecule has 0 saturated heterocycles. The van der Waals surface area contributed by atoms with Gasteiger partial charge in [0.2, 0.25) is 10.0 Å². The lowest BCUT2D eigenvalue weighted by Crippen LogP contribution is -2.46. The number of β-amino-alcohol motifs (C(OH)–C–C–N with tert-alkyl or cyclic N) is 1. The van der Waals surface area contributed by atoms with Crippen molar-refractivity contribution in [1.29, 1.82) is 0 Å². The number of aliphatic hydroxyl groups excluding tert-OH is 1. The molecule has 0 aliphatic carbocycles. The molecule has 0 spiro atoms. The summed E-state index contributed by atoms with van der Waals surface area (Å²) in [6, 6.07) is 8.80. The number of carboxylic acids is 1. The van der Waals surface area contributed by atoms with Gasteiger partial charge in [-0.1, -0.05) is 25.1 Å². The average Bonchev–Trinajstić information content (AvgIpc) is 2.82. The Morgan fingerprint density at radius 1 is 1.13 bits per heavy atom. The molecule has 3 N–H and O–H groups in total. The van der Waals surface area contributed by atoms with E-state index in [0.29, 0.717) is 30.9 Å². The highest BCUT2D eigenvalue weighted by atomic mass is 32.2. The van der Waals surface area contributed by atoms with Crippen molar-refractivity contribution in [2.75, 3.05) is 20.1 Å². The summed E-state index contributed by atoms with van der Waals surface area (Å²) in [6.07, 6.45) is -4.65. The second-order valence-corrected chi connectivity index (χ2v) is 12.5. The number of benzene rings is 2. The van der Waals surface area contributed by atoms with Gasteiger partial charge in [0.05, 0.1) is 23.0 Å². The van der Waals surface area contributed by atoms with Crippen LogP contribution in [0.4, 0.5) is 17.6 Å². The zero-order valence-corrected chi connectivity index (χ0v) is 23.2. The number of carbonyl (C=O) groups is 1. The molecule has 0 fully saturated rings. The number of likely N-dealkylation sites (N-methyl/N-ethyl adjacent to an activating group) is 1. The Kier molecular flexibility index (Phi) is 11.1. The van der Waals surface area contributed by atoms with Gasteiger partial charge in [0.25, 0.3) is 0 Å². The van der Waals surface area contributed by atoms with Crippen LogP contribution in [-0.4, -0.2) is 60.7 Å². The van der Waals surface area contributed by atoms with Crippen LogP contribution >= 0.6 is 0 Å². The molecule has 12 heteroatoms. The number of hydrogen-bond acceptors (Lipinski definition) is 5. The van der Waals surface area contributed by atoms with Crippen LogP contribution < -0.4 is 5.32 Å². The van der Waals surface area contributed by atoms with E-state index in [1.54, 1.807) is 18.2 Å². The first-order valence-corrected chi connectivity index (χ1v) is 13.9. The summed E-state index contributed by atoms with van der Waals surface area (Å²) in [7, 11) is -3.29. The molecule has 7 nitrogen and oxygen atoms in total. The fourth-order valence-electron chi connectivity index (χ4n) is 4.14. The molecule has 218 valence electrons. The number of nitrogens with one attached hydrogen (secondary N) is 1. The van der Waals surface area contributed by atoms with Crippen molar-refractivity contribution in [2.45, 2.75) is 75.1 Å². The van der Waals surface area contributed by atoms with E-state index in [0.717, 1.165) is 23.5 Å². The molecule has 2 rings (SSSR count). The number of rotatable bonds is 14. The van der Waals surface area contributed by atoms with Gasteiger partial charge in [-0.25, -0.2) is 12.8 Å². The molecule has 0 bridgehead atoms. The summed E-state index contributed by atoms with van der Waals surface area (Å²) in [5.74, 6) is -2.36. The number of halogens is 4. The summed E-state index contributed by atoms with van der Waals surface area (Å²) >= 11 is 0. The fraction of sp³-hybridized carbons (Fsp3) is 0.519. The Morgan fingerprint density at radius 3 is 2.36 bits per heavy atom. The normalized spacial score (nSPS) is 14.4. The number of carboxylic acid groups (broad SMARTS) is 1. The first-order valence-electron chi connectivity index (χ1n) is 12.5. The number of nitrogens with zero attached hydrogens (tertiary/aromatic N) is 1. The number of sulfonamides is 1. The monoisotopic (exact) mass is 576 g/mol. The van der Waals surface area contributed by atoms with Gasteiger partial charge in [-0.2, -0.15) is 17.5 Å². The highest BCUT2D eigenvalue weighted by Crippen LogP contribution is 2.34. The number of alkyl halides is 3. The Labute approximate surface area is 226 Å². The topological polar surface area (TPSA) is 107 Å². The predicted octanol–water partition coefficient (Wildman–Crippen LogP) is 4.80. The maximum absolute atomic E-state index is 13.8. The van der Waals surface area contributed by atoms with Crippen molar-refractivity contribution in [2.24, 2.45) is 0 Å². The van der Waals surface area contributed by atoms with Crippen LogP contribution in [0.5, 0.6) is 0 Å². The molecule has 0 radical (unpaired) electrons. The van der Waals surface area contributed by atoms with Crippen molar-refractivity contribution < 1.29 is 41.0 Å². The average molecular weight is 577 g/mol. The van der Waals surface area contributed by atoms with Gasteiger partial charge < -0.3 is 15.5 Å². The standard InChI is InChI=1S/C27H36F4N2O5S/c1-18(12-25(35)36)20-13-21(27(29,30)31)15-23(14-20)39(37,38)33(4)17-22(34)16-32-26(2,3)11-7-9-19-8-5-6-10-24(19)28/h5-6,8,10,13-15,18,22,32,34H,7,9,11-12,16-17H2,1-4H3,(H,35,36)/t18?,22-/m1/s1. The summed E-state index contributed by atoms with van der Waals surface area (Å²) in [4.78, 5) is 10.4. The molecule has 0 aliphatic heterocycles. The van der Waals surface area contributed by atoms with Crippen LogP contribution in [0.25, 0.3) is 0 Å². The van der Waals surface area contributed by atoms with Crippen LogP contribution in [0.1, 0.15) is 62.6 Å². The molecule has 0 aliphatic rings. The van der Waals surface area contributed by atoms with Crippen molar-refractivity contribution in [3.8, 4) is 0 Å². The zero-order chi connectivity index (χ0) is 29.6. The molecule has 0 amide bonds. The van der Waals surface area contributed by atoms with E-state index in [2.05, 4.69) is 5.32 Å². The Bertz CT molecular complexity index is 1230. The van der Waals surface area contributed by atoms with E-state index in [1.807, 2.05) is 13.8 Å². The fourth-order valence-corrected chi connectivity index (χ4v) is 5.43. The van der Waals surface area contributed by atoms with Gasteiger partial charge in [-0.05, 0) is 74.4 Å². The smallest absolute Gasteiger partial charge is 0.416 e. The molecule has 2 aromatic rings. The predicted molar refractivity (Wildman–Crippen MR) is 139 cm³/mol. The maximum atomic E-state index is 13.8. The summed E-state index contributed by atoms with van der Waals surface area (Å²) in [6.45, 7) is 4.80. The summed E-state index contributed by atoms with van der Waals surface area (Å²) < 4.78 is 81.3. The van der Waals surface area contributed by atoms with E-state index in [4.69, 9.17) is 5.11 Å². The molecule has 0 aromatic heterocycles. The largest absolute Gasteiger partial charge is 0.481 e. The first-order chi connectivity index (χ1) is 17.9. The van der Waals surface area contributed by atoms with E-state index in [-0.39, 0.29) is 17.9 Å². The Morgan fingerprint density at radius 2 is 1.77 bits per heavy atom. The molecule has 2 aromatic carbocycles. The van der Waals surface area contributed by atoms with E-state index < -0.39 is 63.2 Å². The highest BCUT2D eigenvalue weighted by Gasteiger charge is 2.34. The van der Waals surface area contributed by atoms with Gasteiger partial charge in [0.1, 0.15) is 5.82 Å². The Hall–Kier alpha value is -2.54. The minimum Gasteiger partial charge on any atom is -0.481 e. The van der Waals surface area contributed by atoms with E-state index in [1.165, 1.54) is 13.0 Å². The second kappa shape index (κ2) is 13.2. The number of aryl methyl sites for hydroxylation is 1. The molecular formula is C27H36F4N2O5S. The minimum atomic E-state index is -4.84. The van der Waals surface area contributed by atoms with Crippen molar-refractivity contribution in [1.82, 2.24) is 9.62 Å². The lowest BCUT2D eigenvalue weighted by molar-refractivity contribution is -0.138. The summed E-state index contributed by atoms with van der Waals surface area (Å²) in [5.41, 5.74) is -1.13. The summed E-state index contributed by atoms with van der Waals surface area (Å²) in [5, 5.41) is 22.7. The van der Waals surface area contributed by atoms with Gasteiger partial charge in [-0.3, -0.25) is 4.79 Å². The van der Waals surface area contributed by atoms with E-state index >= 15 is 0 Å². The molecule has 1 unspecified atom stereocenters. The third kappa shape index (κ3) is 9.86. The van der Waals surface area contributed by atoms with Gasteiger partial charge in [0.15, 0.2) is 0 Å². The number of hydrogen-bond donors (Lipinski definition) is 3. The van der Waals surface area contributed by atoms with Crippen LogP contribution in [0.2, 0.25) is 0 Å². The maximum Gasteiger partial charge on any atom is 0.416 e. The van der Waals surface area contributed by atoms with Crippen LogP contribution in [0.15, 0.2) is 47.4 Å². The van der Waals surface area contributed by atoms with Crippen molar-refractivity contribution >= 4 is 16.0 Å². The first kappa shape index (κ1) is 32.7. The molecule has 39 heavy (non-hydrogen) atoms. The lowest BCUT2D eigenvalue weighted by Gasteiger charge is -2.29. The molecule has 2 atom stereocenters. The SMILES string of the molecule is CC(CC(=O)O)c1cc(C(F)(F)F)cc(S(=O)(=O)N(C)C[C@H](O)CNC(C)(C)CCCc2ccccc2F)c1. The van der Waals surface area contributed by atoms with Crippen LogP contribution in [0, 0.1) is 5.82 Å². The van der Waals surface area contributed by atoms with Crippen LogP contribution in [-0.2, 0) is 27.4 Å². The second-order valence-electron chi connectivity index (χ2n) is 10.4. The van der Waals surface area contributed by atoms with Gasteiger partial charge in [0, 0.05) is 25.7 Å². The van der Waals surface area contributed by atoms with Gasteiger partial charge >= 0.3 is 12.1 Å². The Balaban J connectivity index is 2.06. The van der Waals surface area contributed by atoms with Gasteiger partial charge in [-0.15, -0.1) is 0 Å². The molecule has 0 saturated carbocycles. The highest BCUT2D eigenvalue weighted by molar-refractivity contribution is 7.89. The minimum absolute atomic E-state index is 0.00996. The van der Waals surface area contributed by atoms with E-state index in [9.17, 15) is 35.9 Å². The third-order valence-corrected chi connectivity index (χ3v) is 8.31. The van der Waals surface area contributed by atoms with Crippen molar-refractivity contribution in [3.63, 3.8) is 0 Å². The zero-order valence-electron chi connectivity index (χ0n) is 22.4. The van der Waals surface area contributed by atoms with Crippen molar-refractivity contribution in [3.05, 3.63) is 65.0 Å². The quantitative estimate of drug-likeness (QED) is 0.279.